The number of rotatable bonds is 7. The lowest BCUT2D eigenvalue weighted by Gasteiger charge is -2.17. The zero-order valence-corrected chi connectivity index (χ0v) is 15.4. The van der Waals surface area contributed by atoms with Gasteiger partial charge in [0.2, 0.25) is 0 Å². The number of carboxylic acid groups (broad SMARTS) is 1. The number of benzene rings is 2. The minimum Gasteiger partial charge on any atom is -0.480 e. The maximum absolute atomic E-state index is 12.0. The summed E-state index contributed by atoms with van der Waals surface area (Å²) in [6.07, 6.45) is -1.02. The van der Waals surface area contributed by atoms with E-state index in [0.29, 0.717) is 0 Å². The fourth-order valence-electron chi connectivity index (χ4n) is 3.13. The van der Waals surface area contributed by atoms with E-state index < -0.39 is 32.5 Å². The second-order valence-electron chi connectivity index (χ2n) is 6.15. The number of phosphoric ester groups is 1. The molecule has 0 heterocycles. The maximum Gasteiger partial charge on any atom is 0.469 e. The van der Waals surface area contributed by atoms with Gasteiger partial charge in [-0.3, -0.25) is 4.52 Å². The fourth-order valence-corrected chi connectivity index (χ4v) is 3.47. The van der Waals surface area contributed by atoms with Gasteiger partial charge in [0.1, 0.15) is 6.61 Å². The van der Waals surface area contributed by atoms with Crippen molar-refractivity contribution in [2.45, 2.75) is 19.4 Å². The molecule has 156 valence electrons. The molecule has 3 rings (SSSR count). The molecule has 2 aromatic carbocycles. The Kier molecular flexibility index (Phi) is 7.16. The minimum absolute atomic E-state index is 0. The van der Waals surface area contributed by atoms with Crippen molar-refractivity contribution in [1.29, 1.82) is 0 Å². The van der Waals surface area contributed by atoms with Crippen LogP contribution in [0, 0.1) is 0 Å². The fraction of sp³-hybridized carbons (Fsp3) is 0.263. The maximum atomic E-state index is 12.0. The van der Waals surface area contributed by atoms with E-state index in [1.807, 2.05) is 53.8 Å². The summed E-state index contributed by atoms with van der Waals surface area (Å²) in [5, 5.41) is 11.1. The Morgan fingerprint density at radius 1 is 1.03 bits per heavy atom. The number of phosphoric acid groups is 1. The number of carbonyl (C=O) groups is 2. The smallest absolute Gasteiger partial charge is 0.469 e. The standard InChI is InChI=1S/C18H18NO8P.CH4/c20-17(21)16(10-27-28(23,24)25)19-18(22)26-9-15-13-7-3-1-5-11(13)12-6-2-4-8-14(12)15;/h1-8,15-16H,9-10H2,(H,19,22)(H,20,21)(H2,23,24,25);1H4/t16-;/m0./s1. The van der Waals surface area contributed by atoms with Crippen molar-refractivity contribution in [3.05, 3.63) is 59.7 Å². The Labute approximate surface area is 167 Å². The Hall–Kier alpha value is -2.71. The summed E-state index contributed by atoms with van der Waals surface area (Å²) < 4.78 is 20.0. The van der Waals surface area contributed by atoms with E-state index >= 15 is 0 Å². The molecular formula is C19H22NO8P. The number of ether oxygens (including phenoxy) is 1. The molecule has 4 N–H and O–H groups in total. The van der Waals surface area contributed by atoms with Gasteiger partial charge in [0.25, 0.3) is 0 Å². The Bertz CT molecular complexity index is 896. The quantitative estimate of drug-likeness (QED) is 0.498. The molecule has 1 aliphatic rings. The van der Waals surface area contributed by atoms with E-state index in [1.54, 1.807) is 0 Å². The van der Waals surface area contributed by atoms with Gasteiger partial charge >= 0.3 is 19.9 Å². The van der Waals surface area contributed by atoms with E-state index in [2.05, 4.69) is 4.52 Å². The summed E-state index contributed by atoms with van der Waals surface area (Å²) in [7, 11) is -4.86. The molecule has 10 heteroatoms. The molecule has 0 saturated heterocycles. The average molecular weight is 423 g/mol. The highest BCUT2D eigenvalue weighted by molar-refractivity contribution is 7.46. The monoisotopic (exact) mass is 423 g/mol. The highest BCUT2D eigenvalue weighted by Crippen LogP contribution is 2.44. The molecule has 0 bridgehead atoms. The molecule has 1 atom stereocenters. The molecular weight excluding hydrogens is 401 g/mol. The molecule has 1 amide bonds. The van der Waals surface area contributed by atoms with Crippen molar-refractivity contribution >= 4 is 19.9 Å². The van der Waals surface area contributed by atoms with Gasteiger partial charge in [0.05, 0.1) is 6.61 Å². The second kappa shape index (κ2) is 9.19. The van der Waals surface area contributed by atoms with Gasteiger partial charge < -0.3 is 24.9 Å². The lowest BCUT2D eigenvalue weighted by molar-refractivity contribution is -0.140. The molecule has 0 aromatic heterocycles. The largest absolute Gasteiger partial charge is 0.480 e. The van der Waals surface area contributed by atoms with Crippen molar-refractivity contribution < 1.29 is 38.3 Å². The molecule has 0 spiro atoms. The Balaban J connectivity index is 0.00000300. The number of carboxylic acids is 1. The van der Waals surface area contributed by atoms with Crippen molar-refractivity contribution in [2.24, 2.45) is 0 Å². The first-order valence-electron chi connectivity index (χ1n) is 8.30. The third-order valence-corrected chi connectivity index (χ3v) is 4.83. The highest BCUT2D eigenvalue weighted by atomic mass is 31.2. The van der Waals surface area contributed by atoms with Crippen LogP contribution in [0.1, 0.15) is 24.5 Å². The molecule has 29 heavy (non-hydrogen) atoms. The third kappa shape index (κ3) is 5.42. The normalized spacial score (nSPS) is 13.6. The number of aliphatic carboxylic acids is 1. The van der Waals surface area contributed by atoms with Gasteiger partial charge in [-0.1, -0.05) is 56.0 Å². The van der Waals surface area contributed by atoms with Crippen molar-refractivity contribution in [3.63, 3.8) is 0 Å². The van der Waals surface area contributed by atoms with Crippen LogP contribution in [0.3, 0.4) is 0 Å². The number of carbonyl (C=O) groups excluding carboxylic acids is 1. The predicted octanol–water partition coefficient (Wildman–Crippen LogP) is 2.72. The molecule has 0 saturated carbocycles. The molecule has 0 unspecified atom stereocenters. The van der Waals surface area contributed by atoms with Gasteiger partial charge in [-0.2, -0.15) is 0 Å². The zero-order chi connectivity index (χ0) is 20.3. The van der Waals surface area contributed by atoms with E-state index in [4.69, 9.17) is 19.6 Å². The number of nitrogens with one attached hydrogen (secondary N) is 1. The second-order valence-corrected chi connectivity index (χ2v) is 7.39. The van der Waals surface area contributed by atoms with Crippen molar-refractivity contribution in [2.75, 3.05) is 13.2 Å². The lowest BCUT2D eigenvalue weighted by Crippen LogP contribution is -2.44. The van der Waals surface area contributed by atoms with Crippen LogP contribution in [0.2, 0.25) is 0 Å². The Morgan fingerprint density at radius 2 is 1.55 bits per heavy atom. The van der Waals surface area contributed by atoms with Gasteiger partial charge in [-0.15, -0.1) is 0 Å². The average Bonchev–Trinajstić information content (AvgIpc) is 2.96. The van der Waals surface area contributed by atoms with Crippen LogP contribution in [0.15, 0.2) is 48.5 Å². The summed E-state index contributed by atoms with van der Waals surface area (Å²) in [5.74, 6) is -1.71. The molecule has 9 nitrogen and oxygen atoms in total. The summed E-state index contributed by atoms with van der Waals surface area (Å²) in [4.78, 5) is 40.5. The minimum atomic E-state index is -4.86. The lowest BCUT2D eigenvalue weighted by atomic mass is 9.98. The molecule has 0 radical (unpaired) electrons. The number of alkyl carbamates (subject to hydrolysis) is 1. The van der Waals surface area contributed by atoms with E-state index in [1.165, 1.54) is 0 Å². The number of amides is 1. The first kappa shape index (κ1) is 22.6. The van der Waals surface area contributed by atoms with Crippen LogP contribution in [0.25, 0.3) is 11.1 Å². The first-order valence-corrected chi connectivity index (χ1v) is 9.83. The number of hydrogen-bond donors (Lipinski definition) is 4. The number of fused-ring (bicyclic) bond motifs is 3. The van der Waals surface area contributed by atoms with Gasteiger partial charge in [0, 0.05) is 5.92 Å². The topological polar surface area (TPSA) is 142 Å². The predicted molar refractivity (Wildman–Crippen MR) is 104 cm³/mol. The van der Waals surface area contributed by atoms with Crippen LogP contribution in [0.4, 0.5) is 4.79 Å². The van der Waals surface area contributed by atoms with E-state index in [0.717, 1.165) is 22.3 Å². The summed E-state index contributed by atoms with van der Waals surface area (Å²) in [6, 6.07) is 13.8. The third-order valence-electron chi connectivity index (χ3n) is 4.34. The van der Waals surface area contributed by atoms with Crippen LogP contribution >= 0.6 is 7.82 Å². The van der Waals surface area contributed by atoms with Gasteiger partial charge in [-0.25, -0.2) is 14.2 Å². The first-order chi connectivity index (χ1) is 13.3. The SMILES string of the molecule is C.O=C(N[C@@H](COP(=O)(O)O)C(=O)O)OCC1c2ccccc2-c2ccccc21. The molecule has 0 aliphatic heterocycles. The van der Waals surface area contributed by atoms with Gasteiger partial charge in [-0.05, 0) is 22.3 Å². The van der Waals surface area contributed by atoms with Crippen LogP contribution in [-0.2, 0) is 18.6 Å². The van der Waals surface area contributed by atoms with Crippen LogP contribution in [-0.4, -0.2) is 46.2 Å². The van der Waals surface area contributed by atoms with Crippen molar-refractivity contribution in [1.82, 2.24) is 5.32 Å². The summed E-state index contributed by atoms with van der Waals surface area (Å²) in [5.41, 5.74) is 4.09. The summed E-state index contributed by atoms with van der Waals surface area (Å²) >= 11 is 0. The summed E-state index contributed by atoms with van der Waals surface area (Å²) in [6.45, 7) is -0.921. The molecule has 0 fully saturated rings. The number of hydrogen-bond acceptors (Lipinski definition) is 5. The van der Waals surface area contributed by atoms with Crippen LogP contribution < -0.4 is 5.32 Å². The van der Waals surface area contributed by atoms with Gasteiger partial charge in [0.15, 0.2) is 6.04 Å². The van der Waals surface area contributed by atoms with E-state index in [-0.39, 0.29) is 20.0 Å². The highest BCUT2D eigenvalue weighted by Gasteiger charge is 2.30. The molecule has 1 aliphatic carbocycles. The zero-order valence-electron chi connectivity index (χ0n) is 14.5. The Morgan fingerprint density at radius 3 is 2.03 bits per heavy atom. The molecule has 2 aromatic rings. The van der Waals surface area contributed by atoms with E-state index in [9.17, 15) is 14.2 Å². The van der Waals surface area contributed by atoms with Crippen LogP contribution in [0.5, 0.6) is 0 Å². The van der Waals surface area contributed by atoms with Crippen molar-refractivity contribution in [3.8, 4) is 11.1 Å².